The highest BCUT2D eigenvalue weighted by molar-refractivity contribution is 7.99. The van der Waals surface area contributed by atoms with Crippen LogP contribution in [0.1, 0.15) is 22.5 Å². The quantitative estimate of drug-likeness (QED) is 0.501. The molecular formula is C12H14N6S. The molecule has 7 heteroatoms. The van der Waals surface area contributed by atoms with E-state index in [0.29, 0.717) is 15.7 Å². The summed E-state index contributed by atoms with van der Waals surface area (Å²) in [5, 5.41) is 16.4. The second-order valence-corrected chi connectivity index (χ2v) is 5.02. The van der Waals surface area contributed by atoms with Gasteiger partial charge in [0.1, 0.15) is 10.9 Å². The molecule has 2 aromatic heterocycles. The summed E-state index contributed by atoms with van der Waals surface area (Å²) in [6.07, 6.45) is 1.51. The normalized spacial score (nSPS) is 10.5. The molecule has 2 rings (SSSR count). The van der Waals surface area contributed by atoms with Gasteiger partial charge in [-0.2, -0.15) is 5.10 Å². The lowest BCUT2D eigenvalue weighted by atomic mass is 10.2. The van der Waals surface area contributed by atoms with Crippen molar-refractivity contribution in [3.8, 4) is 0 Å². The summed E-state index contributed by atoms with van der Waals surface area (Å²) in [7, 11) is 0. The first kappa shape index (κ1) is 13.4. The zero-order valence-electron chi connectivity index (χ0n) is 10.9. The second kappa shape index (κ2) is 5.31. The molecule has 0 bridgehead atoms. The Bertz CT molecular complexity index is 617. The number of nitrogens with one attached hydrogen (secondary N) is 1. The van der Waals surface area contributed by atoms with Crippen LogP contribution in [0.4, 0.5) is 0 Å². The van der Waals surface area contributed by atoms with Crippen molar-refractivity contribution in [2.24, 2.45) is 5.73 Å². The lowest BCUT2D eigenvalue weighted by Gasteiger charge is -2.07. The molecule has 0 atom stereocenters. The lowest BCUT2D eigenvalue weighted by Crippen LogP contribution is -2.13. The Kier molecular flexibility index (Phi) is 3.75. The molecule has 0 fully saturated rings. The third kappa shape index (κ3) is 2.87. The molecule has 0 aromatic carbocycles. The van der Waals surface area contributed by atoms with E-state index in [1.54, 1.807) is 6.07 Å². The maximum atomic E-state index is 7.52. The molecule has 0 amide bonds. The van der Waals surface area contributed by atoms with Crippen LogP contribution in [0.25, 0.3) is 0 Å². The number of rotatable bonds is 3. The van der Waals surface area contributed by atoms with E-state index in [0.717, 1.165) is 17.0 Å². The van der Waals surface area contributed by atoms with Crippen molar-refractivity contribution in [3.63, 3.8) is 0 Å². The summed E-state index contributed by atoms with van der Waals surface area (Å²) >= 11 is 1.26. The summed E-state index contributed by atoms with van der Waals surface area (Å²) in [5.74, 6) is -0.0436. The van der Waals surface area contributed by atoms with Crippen molar-refractivity contribution in [2.45, 2.75) is 31.0 Å². The fourth-order valence-corrected chi connectivity index (χ4v) is 2.39. The van der Waals surface area contributed by atoms with Gasteiger partial charge < -0.3 is 5.73 Å². The van der Waals surface area contributed by atoms with Gasteiger partial charge in [0.15, 0.2) is 5.16 Å². The Morgan fingerprint density at radius 3 is 2.42 bits per heavy atom. The molecular weight excluding hydrogens is 260 g/mol. The van der Waals surface area contributed by atoms with Crippen molar-refractivity contribution >= 4 is 17.6 Å². The highest BCUT2D eigenvalue weighted by Crippen LogP contribution is 2.26. The summed E-state index contributed by atoms with van der Waals surface area (Å²) < 4.78 is 0. The molecule has 2 heterocycles. The van der Waals surface area contributed by atoms with Crippen LogP contribution in [-0.2, 0) is 0 Å². The van der Waals surface area contributed by atoms with Crippen LogP contribution in [0.15, 0.2) is 22.4 Å². The van der Waals surface area contributed by atoms with Gasteiger partial charge in [0.2, 0.25) is 0 Å². The Balaban J connectivity index is 2.39. The second-order valence-electron chi connectivity index (χ2n) is 4.07. The number of aryl methyl sites for hydroxylation is 2. The Hall–Kier alpha value is -2.02. The minimum Gasteiger partial charge on any atom is -0.384 e. The van der Waals surface area contributed by atoms with Crippen molar-refractivity contribution < 1.29 is 0 Å². The molecule has 19 heavy (non-hydrogen) atoms. The number of nitrogen functional groups attached to an aromatic ring is 1. The maximum Gasteiger partial charge on any atom is 0.194 e. The minimum absolute atomic E-state index is 0.0436. The minimum atomic E-state index is -0.0436. The van der Waals surface area contributed by atoms with Gasteiger partial charge >= 0.3 is 0 Å². The first-order chi connectivity index (χ1) is 8.99. The number of hydrogen-bond donors (Lipinski definition) is 2. The topological polar surface area (TPSA) is 101 Å². The number of nitrogens with zero attached hydrogens (tertiary/aromatic N) is 4. The smallest absolute Gasteiger partial charge is 0.194 e. The predicted molar refractivity (Wildman–Crippen MR) is 73.4 cm³/mol. The fraction of sp³-hybridized carbons (Fsp3) is 0.250. The fourth-order valence-electron chi connectivity index (χ4n) is 1.47. The van der Waals surface area contributed by atoms with Crippen LogP contribution < -0.4 is 5.73 Å². The number of amidine groups is 1. The predicted octanol–water partition coefficient (Wildman–Crippen LogP) is 1.63. The third-order valence-electron chi connectivity index (χ3n) is 2.78. The largest absolute Gasteiger partial charge is 0.384 e. The molecule has 0 spiro atoms. The van der Waals surface area contributed by atoms with E-state index in [9.17, 15) is 0 Å². The molecule has 3 N–H and O–H groups in total. The van der Waals surface area contributed by atoms with E-state index in [1.807, 2.05) is 20.8 Å². The van der Waals surface area contributed by atoms with E-state index in [-0.39, 0.29) is 5.84 Å². The summed E-state index contributed by atoms with van der Waals surface area (Å²) in [5.41, 5.74) is 9.00. The lowest BCUT2D eigenvalue weighted by molar-refractivity contribution is 0.867. The molecule has 98 valence electrons. The van der Waals surface area contributed by atoms with Gasteiger partial charge in [0.05, 0.1) is 11.8 Å². The van der Waals surface area contributed by atoms with Gasteiger partial charge in [-0.1, -0.05) is 0 Å². The van der Waals surface area contributed by atoms with Crippen LogP contribution in [0.5, 0.6) is 0 Å². The van der Waals surface area contributed by atoms with Gasteiger partial charge in [-0.3, -0.25) is 5.41 Å². The molecule has 0 radical (unpaired) electrons. The first-order valence-electron chi connectivity index (χ1n) is 5.65. The van der Waals surface area contributed by atoms with E-state index in [4.69, 9.17) is 11.1 Å². The summed E-state index contributed by atoms with van der Waals surface area (Å²) in [6.45, 7) is 5.87. The molecule has 0 unspecified atom stereocenters. The average Bonchev–Trinajstić information content (AvgIpc) is 2.36. The Morgan fingerprint density at radius 2 is 1.84 bits per heavy atom. The Labute approximate surface area is 115 Å². The van der Waals surface area contributed by atoms with Gasteiger partial charge in [0, 0.05) is 11.4 Å². The zero-order valence-corrected chi connectivity index (χ0v) is 11.7. The highest BCUT2D eigenvalue weighted by Gasteiger charge is 2.12. The summed E-state index contributed by atoms with van der Waals surface area (Å²) in [4.78, 5) is 8.80. The van der Waals surface area contributed by atoms with Crippen LogP contribution >= 0.6 is 11.8 Å². The molecule has 2 aromatic rings. The monoisotopic (exact) mass is 274 g/mol. The van der Waals surface area contributed by atoms with E-state index < -0.39 is 0 Å². The molecule has 0 saturated heterocycles. The number of hydrogen-bond acceptors (Lipinski definition) is 6. The van der Waals surface area contributed by atoms with Gasteiger partial charge in [0.25, 0.3) is 0 Å². The SMILES string of the molecule is Cc1nc(Sc2nnccc2C(=N)N)nc(C)c1C. The van der Waals surface area contributed by atoms with Gasteiger partial charge in [-0.15, -0.1) is 5.10 Å². The van der Waals surface area contributed by atoms with E-state index in [2.05, 4.69) is 20.2 Å². The average molecular weight is 274 g/mol. The number of nitrogens with two attached hydrogens (primary N) is 1. The van der Waals surface area contributed by atoms with Crippen molar-refractivity contribution in [2.75, 3.05) is 0 Å². The zero-order chi connectivity index (χ0) is 14.0. The van der Waals surface area contributed by atoms with Gasteiger partial charge in [-0.05, 0) is 44.2 Å². The highest BCUT2D eigenvalue weighted by atomic mass is 32.2. The van der Waals surface area contributed by atoms with E-state index in [1.165, 1.54) is 18.0 Å². The molecule has 0 saturated carbocycles. The summed E-state index contributed by atoms with van der Waals surface area (Å²) in [6, 6.07) is 1.66. The number of aromatic nitrogens is 4. The van der Waals surface area contributed by atoms with Crippen LogP contribution in [-0.4, -0.2) is 26.0 Å². The van der Waals surface area contributed by atoms with Crippen LogP contribution in [0.3, 0.4) is 0 Å². The third-order valence-corrected chi connectivity index (χ3v) is 3.64. The Morgan fingerprint density at radius 1 is 1.21 bits per heavy atom. The molecule has 0 aliphatic heterocycles. The standard InChI is InChI=1S/C12H14N6S/c1-6-7(2)16-12(17-8(6)3)19-11-9(10(13)14)4-5-15-18-11/h4-5H,1-3H3,(H3,13,14). The maximum absolute atomic E-state index is 7.52. The van der Waals surface area contributed by atoms with Crippen molar-refractivity contribution in [3.05, 3.63) is 34.8 Å². The molecule has 6 nitrogen and oxygen atoms in total. The van der Waals surface area contributed by atoms with Crippen LogP contribution in [0, 0.1) is 26.2 Å². The molecule has 0 aliphatic carbocycles. The van der Waals surface area contributed by atoms with E-state index >= 15 is 0 Å². The van der Waals surface area contributed by atoms with Gasteiger partial charge in [-0.25, -0.2) is 9.97 Å². The van der Waals surface area contributed by atoms with Crippen molar-refractivity contribution in [1.82, 2.24) is 20.2 Å². The molecule has 0 aliphatic rings. The van der Waals surface area contributed by atoms with Crippen LogP contribution in [0.2, 0.25) is 0 Å². The first-order valence-corrected chi connectivity index (χ1v) is 6.46. The van der Waals surface area contributed by atoms with Crippen molar-refractivity contribution in [1.29, 1.82) is 5.41 Å².